The molecule has 2 N–H and O–H groups in total. The molecule has 1 aromatic carbocycles. The molecule has 136 valence electrons. The van der Waals surface area contributed by atoms with E-state index in [0.29, 0.717) is 19.7 Å². The average Bonchev–Trinajstić information content (AvgIpc) is 3.07. The topological polar surface area (TPSA) is 53.6 Å². The van der Waals surface area contributed by atoms with Crippen LogP contribution in [-0.4, -0.2) is 49.7 Å². The summed E-state index contributed by atoms with van der Waals surface area (Å²) in [4.78, 5) is 14.6. The Bertz CT molecular complexity index is 504. The first-order valence-electron chi connectivity index (χ1n) is 8.22. The lowest BCUT2D eigenvalue weighted by Gasteiger charge is -2.23. The van der Waals surface area contributed by atoms with Crippen LogP contribution in [0.2, 0.25) is 0 Å². The van der Waals surface area contributed by atoms with Gasteiger partial charge in [-0.2, -0.15) is 0 Å². The Kier molecular flexibility index (Phi) is 9.63. The van der Waals surface area contributed by atoms with Crippen molar-refractivity contribution in [1.82, 2.24) is 15.5 Å². The summed E-state index contributed by atoms with van der Waals surface area (Å²) in [5.74, 6) is -0.0248. The van der Waals surface area contributed by atoms with Gasteiger partial charge in [-0.15, -0.1) is 24.8 Å². The molecule has 7 heteroatoms. The third-order valence-electron chi connectivity index (χ3n) is 4.38. The molecule has 3 rings (SSSR count). The Morgan fingerprint density at radius 3 is 2.58 bits per heavy atom. The van der Waals surface area contributed by atoms with Gasteiger partial charge in [0.25, 0.3) is 5.91 Å². The van der Waals surface area contributed by atoms with Crippen LogP contribution in [0.25, 0.3) is 0 Å². The highest BCUT2D eigenvalue weighted by Gasteiger charge is 2.21. The minimum Gasteiger partial charge on any atom is -0.366 e. The molecule has 2 saturated heterocycles. The first-order chi connectivity index (χ1) is 10.8. The third-order valence-corrected chi connectivity index (χ3v) is 4.38. The molecule has 2 aliphatic rings. The maximum atomic E-state index is 12.1. The van der Waals surface area contributed by atoms with Gasteiger partial charge in [0.2, 0.25) is 0 Å². The molecule has 0 radical (unpaired) electrons. The van der Waals surface area contributed by atoms with Crippen LogP contribution in [0.3, 0.4) is 0 Å². The molecule has 2 fully saturated rings. The SMILES string of the molecule is Cl.Cl.O=C(NCc1ccccc1CN1CCCC1)C1CNCCO1. The smallest absolute Gasteiger partial charge is 0.250 e. The molecule has 5 nitrogen and oxygen atoms in total. The molecule has 1 unspecified atom stereocenters. The number of ether oxygens (including phenoxy) is 1. The van der Waals surface area contributed by atoms with E-state index in [1.165, 1.54) is 37.1 Å². The minimum absolute atomic E-state index is 0. The fourth-order valence-corrected chi connectivity index (χ4v) is 3.10. The number of rotatable bonds is 5. The Hall–Kier alpha value is -0.850. The largest absolute Gasteiger partial charge is 0.366 e. The minimum atomic E-state index is -0.362. The average molecular weight is 376 g/mol. The highest BCUT2D eigenvalue weighted by Crippen LogP contribution is 2.16. The van der Waals surface area contributed by atoms with Gasteiger partial charge >= 0.3 is 0 Å². The molecule has 1 aromatic rings. The van der Waals surface area contributed by atoms with Crippen LogP contribution >= 0.6 is 24.8 Å². The van der Waals surface area contributed by atoms with E-state index in [2.05, 4.69) is 33.7 Å². The lowest BCUT2D eigenvalue weighted by Crippen LogP contribution is -2.47. The van der Waals surface area contributed by atoms with Gasteiger partial charge in [0.05, 0.1) is 6.61 Å². The predicted octanol–water partition coefficient (Wildman–Crippen LogP) is 1.73. The summed E-state index contributed by atoms with van der Waals surface area (Å²) in [6, 6.07) is 8.38. The van der Waals surface area contributed by atoms with Crippen molar-refractivity contribution in [2.45, 2.75) is 32.0 Å². The maximum absolute atomic E-state index is 12.1. The monoisotopic (exact) mass is 375 g/mol. The van der Waals surface area contributed by atoms with E-state index < -0.39 is 0 Å². The van der Waals surface area contributed by atoms with Crippen LogP contribution in [0, 0.1) is 0 Å². The first kappa shape index (κ1) is 21.2. The lowest BCUT2D eigenvalue weighted by molar-refractivity contribution is -0.134. The molecule has 24 heavy (non-hydrogen) atoms. The number of halogens is 2. The van der Waals surface area contributed by atoms with Gasteiger partial charge in [0.1, 0.15) is 6.10 Å². The van der Waals surface area contributed by atoms with Crippen LogP contribution in [0.4, 0.5) is 0 Å². The second kappa shape index (κ2) is 10.9. The molecule has 1 atom stereocenters. The van der Waals surface area contributed by atoms with Crippen LogP contribution in [-0.2, 0) is 22.6 Å². The Balaban J connectivity index is 0.00000144. The van der Waals surface area contributed by atoms with Crippen molar-refractivity contribution in [2.75, 3.05) is 32.8 Å². The molecular weight excluding hydrogens is 349 g/mol. The van der Waals surface area contributed by atoms with Gasteiger partial charge in [0, 0.05) is 26.2 Å². The number of benzene rings is 1. The molecule has 1 amide bonds. The summed E-state index contributed by atoms with van der Waals surface area (Å²) in [6.45, 7) is 5.94. The quantitative estimate of drug-likeness (QED) is 0.822. The predicted molar refractivity (Wildman–Crippen MR) is 99.9 cm³/mol. The van der Waals surface area contributed by atoms with E-state index in [1.54, 1.807) is 0 Å². The zero-order valence-corrected chi connectivity index (χ0v) is 15.5. The molecule has 0 saturated carbocycles. The van der Waals surface area contributed by atoms with Gasteiger partial charge in [-0.1, -0.05) is 24.3 Å². The van der Waals surface area contributed by atoms with Gasteiger partial charge in [-0.05, 0) is 37.1 Å². The van der Waals surface area contributed by atoms with Crippen LogP contribution in [0.15, 0.2) is 24.3 Å². The van der Waals surface area contributed by atoms with Crippen molar-refractivity contribution in [3.05, 3.63) is 35.4 Å². The number of amides is 1. The van der Waals surface area contributed by atoms with Crippen molar-refractivity contribution in [3.63, 3.8) is 0 Å². The van der Waals surface area contributed by atoms with Gasteiger partial charge in [-0.3, -0.25) is 9.69 Å². The van der Waals surface area contributed by atoms with Gasteiger partial charge in [0.15, 0.2) is 0 Å². The molecule has 0 aromatic heterocycles. The first-order valence-corrected chi connectivity index (χ1v) is 8.22. The fraction of sp³-hybridized carbons (Fsp3) is 0.588. The number of nitrogens with one attached hydrogen (secondary N) is 2. The highest BCUT2D eigenvalue weighted by atomic mass is 35.5. The zero-order chi connectivity index (χ0) is 15.2. The summed E-state index contributed by atoms with van der Waals surface area (Å²) in [5.41, 5.74) is 2.51. The number of likely N-dealkylation sites (tertiary alicyclic amines) is 1. The molecule has 0 aliphatic carbocycles. The molecule has 0 bridgehead atoms. The molecular formula is C17H27Cl2N3O2. The maximum Gasteiger partial charge on any atom is 0.250 e. The summed E-state index contributed by atoms with van der Waals surface area (Å²) in [5, 5.41) is 6.19. The van der Waals surface area contributed by atoms with Crippen LogP contribution in [0.5, 0.6) is 0 Å². The number of hydrogen-bond acceptors (Lipinski definition) is 4. The number of morpholine rings is 1. The van der Waals surface area contributed by atoms with E-state index in [-0.39, 0.29) is 36.8 Å². The second-order valence-corrected chi connectivity index (χ2v) is 6.03. The number of carbonyl (C=O) groups excluding carboxylic acids is 1. The normalized spacial score (nSPS) is 20.8. The van der Waals surface area contributed by atoms with E-state index in [9.17, 15) is 4.79 Å². The summed E-state index contributed by atoms with van der Waals surface area (Å²) in [7, 11) is 0. The zero-order valence-electron chi connectivity index (χ0n) is 13.8. The van der Waals surface area contributed by atoms with E-state index >= 15 is 0 Å². The van der Waals surface area contributed by atoms with Gasteiger partial charge in [-0.25, -0.2) is 0 Å². The summed E-state index contributed by atoms with van der Waals surface area (Å²) >= 11 is 0. The second-order valence-electron chi connectivity index (χ2n) is 6.03. The number of nitrogens with zero attached hydrogens (tertiary/aromatic N) is 1. The lowest BCUT2D eigenvalue weighted by atomic mass is 10.1. The van der Waals surface area contributed by atoms with Crippen LogP contribution < -0.4 is 10.6 Å². The van der Waals surface area contributed by atoms with Crippen molar-refractivity contribution >= 4 is 30.7 Å². The van der Waals surface area contributed by atoms with Crippen molar-refractivity contribution < 1.29 is 9.53 Å². The highest BCUT2D eigenvalue weighted by molar-refractivity contribution is 5.85. The third kappa shape index (κ3) is 5.90. The molecule has 0 spiro atoms. The van der Waals surface area contributed by atoms with E-state index in [4.69, 9.17) is 4.74 Å². The number of carbonyl (C=O) groups is 1. The Labute approximate surface area is 156 Å². The fourth-order valence-electron chi connectivity index (χ4n) is 3.10. The summed E-state index contributed by atoms with van der Waals surface area (Å²) < 4.78 is 5.48. The number of hydrogen-bond donors (Lipinski definition) is 2. The van der Waals surface area contributed by atoms with E-state index in [1.807, 2.05) is 6.07 Å². The summed E-state index contributed by atoms with van der Waals surface area (Å²) in [6.07, 6.45) is 2.23. The van der Waals surface area contributed by atoms with E-state index in [0.717, 1.165) is 13.1 Å². The van der Waals surface area contributed by atoms with Crippen molar-refractivity contribution in [1.29, 1.82) is 0 Å². The molecule has 2 aliphatic heterocycles. The van der Waals surface area contributed by atoms with Gasteiger partial charge < -0.3 is 15.4 Å². The Morgan fingerprint density at radius 2 is 1.92 bits per heavy atom. The Morgan fingerprint density at radius 1 is 1.21 bits per heavy atom. The molecule has 2 heterocycles. The van der Waals surface area contributed by atoms with Crippen molar-refractivity contribution in [3.8, 4) is 0 Å². The standard InChI is InChI=1S/C17H25N3O2.2ClH/c21-17(16-12-18-7-10-22-16)19-11-14-5-1-2-6-15(14)13-20-8-3-4-9-20;;/h1-2,5-6,16,18H,3-4,7-13H2,(H,19,21);2*1H. The van der Waals surface area contributed by atoms with Crippen molar-refractivity contribution in [2.24, 2.45) is 0 Å². The van der Waals surface area contributed by atoms with Crippen LogP contribution in [0.1, 0.15) is 24.0 Å².